The number of nitrogens with zero attached hydrogens (tertiary/aromatic N) is 1. The third kappa shape index (κ3) is 4.50. The van der Waals surface area contributed by atoms with Gasteiger partial charge >= 0.3 is 0 Å². The van der Waals surface area contributed by atoms with Crippen LogP contribution in [0, 0.1) is 23.2 Å². The number of carbonyl (C=O) groups is 2. The predicted octanol–water partition coefficient (Wildman–Crippen LogP) is 3.18. The van der Waals surface area contributed by atoms with Gasteiger partial charge in [0.2, 0.25) is 11.8 Å². The average Bonchev–Trinajstić information content (AvgIpc) is 3.29. The molecule has 200 valence electrons. The van der Waals surface area contributed by atoms with Crippen molar-refractivity contribution in [3.05, 3.63) is 53.6 Å². The van der Waals surface area contributed by atoms with E-state index >= 15 is 0 Å². The molecule has 1 aromatic carbocycles. The van der Waals surface area contributed by atoms with Crippen LogP contribution in [-0.2, 0) is 9.59 Å². The number of para-hydroxylation sites is 1. The van der Waals surface area contributed by atoms with Crippen LogP contribution in [0.4, 0.5) is 0 Å². The van der Waals surface area contributed by atoms with Gasteiger partial charge in [-0.3, -0.25) is 9.59 Å². The molecule has 2 amide bonds. The highest BCUT2D eigenvalue weighted by molar-refractivity contribution is 5.96. The van der Waals surface area contributed by atoms with E-state index in [1.54, 1.807) is 17.1 Å². The van der Waals surface area contributed by atoms with Gasteiger partial charge in [0.15, 0.2) is 0 Å². The van der Waals surface area contributed by atoms with Gasteiger partial charge in [-0.15, -0.1) is 0 Å². The van der Waals surface area contributed by atoms with Crippen LogP contribution in [0.1, 0.15) is 57.9 Å². The summed E-state index contributed by atoms with van der Waals surface area (Å²) in [7, 11) is 0. The Balaban J connectivity index is 1.51. The second-order valence-corrected chi connectivity index (χ2v) is 11.7. The number of allylic oxidation sites excluding steroid dienone is 1. The van der Waals surface area contributed by atoms with E-state index in [0.29, 0.717) is 29.7 Å². The predicted molar refractivity (Wildman–Crippen MR) is 141 cm³/mol. The number of aliphatic hydroxyl groups is 2. The van der Waals surface area contributed by atoms with Crippen LogP contribution < -0.4 is 10.1 Å². The number of amides is 2. The van der Waals surface area contributed by atoms with E-state index in [9.17, 15) is 19.8 Å². The van der Waals surface area contributed by atoms with Gasteiger partial charge in [-0.25, -0.2) is 0 Å². The van der Waals surface area contributed by atoms with Gasteiger partial charge in [0.1, 0.15) is 18.0 Å². The molecule has 0 aromatic heterocycles. The summed E-state index contributed by atoms with van der Waals surface area (Å²) >= 11 is 0. The van der Waals surface area contributed by atoms with E-state index in [0.717, 1.165) is 24.3 Å². The molecule has 0 unspecified atom stereocenters. The Hall–Kier alpha value is -2.64. The Morgan fingerprint density at radius 1 is 1.24 bits per heavy atom. The highest BCUT2D eigenvalue weighted by Crippen LogP contribution is 2.61. The zero-order valence-electron chi connectivity index (χ0n) is 22.1. The number of ether oxygens (including phenoxy) is 1. The molecule has 0 radical (unpaired) electrons. The molecule has 4 aliphatic carbocycles. The Bertz CT molecular complexity index is 1090. The number of nitrogens with one attached hydrogen (secondary N) is 1. The number of fused-ring (bicyclic) bond motifs is 5. The minimum Gasteiger partial charge on any atom is -0.486 e. The van der Waals surface area contributed by atoms with Crippen molar-refractivity contribution in [3.8, 4) is 5.75 Å². The summed E-state index contributed by atoms with van der Waals surface area (Å²) < 4.78 is 6.23. The fourth-order valence-electron chi connectivity index (χ4n) is 7.30. The Morgan fingerprint density at radius 2 is 2.03 bits per heavy atom. The fraction of sp³-hybridized carbons (Fsp3) is 0.600. The highest BCUT2D eigenvalue weighted by atomic mass is 16.5. The molecule has 2 bridgehead atoms. The van der Waals surface area contributed by atoms with E-state index in [2.05, 4.69) is 19.2 Å². The molecule has 1 aromatic rings. The van der Waals surface area contributed by atoms with Crippen LogP contribution in [0.15, 0.2) is 48.1 Å². The second-order valence-electron chi connectivity index (χ2n) is 11.7. The number of benzene rings is 1. The van der Waals surface area contributed by atoms with Crippen molar-refractivity contribution < 1.29 is 24.5 Å². The van der Waals surface area contributed by atoms with E-state index in [4.69, 9.17) is 4.74 Å². The molecule has 7 atom stereocenters. The number of hydrogen-bond acceptors (Lipinski definition) is 5. The van der Waals surface area contributed by atoms with Crippen molar-refractivity contribution in [2.75, 3.05) is 19.7 Å². The lowest BCUT2D eigenvalue weighted by Gasteiger charge is -2.61. The van der Waals surface area contributed by atoms with Gasteiger partial charge < -0.3 is 25.2 Å². The van der Waals surface area contributed by atoms with Gasteiger partial charge in [0.25, 0.3) is 0 Å². The molecular weight excluding hydrogens is 468 g/mol. The van der Waals surface area contributed by atoms with Crippen LogP contribution in [0.2, 0.25) is 0 Å². The largest absolute Gasteiger partial charge is 0.486 e. The zero-order chi connectivity index (χ0) is 26.3. The smallest absolute Gasteiger partial charge is 0.247 e. The Morgan fingerprint density at radius 3 is 2.73 bits per heavy atom. The van der Waals surface area contributed by atoms with Crippen molar-refractivity contribution in [2.24, 2.45) is 23.2 Å². The normalized spacial score (nSPS) is 33.0. The van der Waals surface area contributed by atoms with E-state index in [1.807, 2.05) is 37.3 Å². The maximum Gasteiger partial charge on any atom is 0.247 e. The van der Waals surface area contributed by atoms with Crippen molar-refractivity contribution in [3.63, 3.8) is 0 Å². The molecule has 37 heavy (non-hydrogen) atoms. The number of hydrogen-bond donors (Lipinski definition) is 3. The van der Waals surface area contributed by atoms with Crippen molar-refractivity contribution in [1.29, 1.82) is 0 Å². The van der Waals surface area contributed by atoms with Crippen LogP contribution in [0.5, 0.6) is 5.75 Å². The number of rotatable bonds is 8. The summed E-state index contributed by atoms with van der Waals surface area (Å²) in [4.78, 5) is 28.7. The topological polar surface area (TPSA) is 99.1 Å². The minimum atomic E-state index is -0.989. The zero-order valence-corrected chi connectivity index (χ0v) is 22.1. The lowest BCUT2D eigenvalue weighted by atomic mass is 9.45. The molecule has 6 rings (SSSR count). The molecule has 7 heteroatoms. The van der Waals surface area contributed by atoms with Crippen LogP contribution >= 0.6 is 0 Å². The summed E-state index contributed by atoms with van der Waals surface area (Å²) in [5.41, 5.74) is 1.60. The molecule has 3 N–H and O–H groups in total. The summed E-state index contributed by atoms with van der Waals surface area (Å²) in [6.07, 6.45) is 7.73. The monoisotopic (exact) mass is 508 g/mol. The van der Waals surface area contributed by atoms with Gasteiger partial charge in [0.05, 0.1) is 18.6 Å². The second kappa shape index (κ2) is 10.3. The first kappa shape index (κ1) is 26.0. The molecule has 5 aliphatic rings. The first-order valence-corrected chi connectivity index (χ1v) is 13.8. The summed E-state index contributed by atoms with van der Waals surface area (Å²) in [5, 5.41) is 23.7. The molecule has 0 spiro atoms. The van der Waals surface area contributed by atoms with E-state index in [1.165, 1.54) is 12.8 Å². The van der Waals surface area contributed by atoms with Crippen LogP contribution in [0.3, 0.4) is 0 Å². The average molecular weight is 509 g/mol. The number of aliphatic hydroxyl groups excluding tert-OH is 2. The van der Waals surface area contributed by atoms with Gasteiger partial charge in [-0.2, -0.15) is 0 Å². The Kier molecular flexibility index (Phi) is 7.20. The number of carbonyl (C=O) groups excluding carboxylic acids is 2. The summed E-state index contributed by atoms with van der Waals surface area (Å²) in [6, 6.07) is 6.85. The maximum absolute atomic E-state index is 13.6. The van der Waals surface area contributed by atoms with Crippen molar-refractivity contribution >= 4 is 11.8 Å². The quantitative estimate of drug-likeness (QED) is 0.469. The Labute approximate surface area is 219 Å². The van der Waals surface area contributed by atoms with Gasteiger partial charge in [0, 0.05) is 24.2 Å². The summed E-state index contributed by atoms with van der Waals surface area (Å²) in [5.74, 6) is 1.41. The molecule has 7 nitrogen and oxygen atoms in total. The standard InChI is InChI=1S/C30H40N2O5/c1-4-5-10-25(34)32(17-18-11-12-19-15-22(18)30(19,2)3)23-16-21(29(36)31-13-14-33)26-20-8-6-7-9-24(20)37-28(26)27(23)35/h5-10,16,18-19,22-23,26-28,33,35H,4,11-15,17H2,1-3H3,(H,31,36)/t18-,19-,22-,23+,26-,27-,28-/m0/s1. The molecular formula is C30H40N2O5. The van der Waals surface area contributed by atoms with Crippen molar-refractivity contribution in [2.45, 2.75) is 70.6 Å². The van der Waals surface area contributed by atoms with E-state index < -0.39 is 24.2 Å². The highest BCUT2D eigenvalue weighted by Gasteiger charge is 2.55. The maximum atomic E-state index is 13.6. The molecule has 3 saturated carbocycles. The minimum absolute atomic E-state index is 0.130. The van der Waals surface area contributed by atoms with E-state index in [-0.39, 0.29) is 30.4 Å². The van der Waals surface area contributed by atoms with Crippen LogP contribution in [-0.4, -0.2) is 64.9 Å². The first-order valence-electron chi connectivity index (χ1n) is 13.8. The summed E-state index contributed by atoms with van der Waals surface area (Å²) in [6.45, 7) is 7.17. The van der Waals surface area contributed by atoms with Crippen LogP contribution in [0.25, 0.3) is 0 Å². The molecule has 1 aliphatic heterocycles. The van der Waals surface area contributed by atoms with Gasteiger partial charge in [-0.1, -0.05) is 45.0 Å². The molecule has 1 heterocycles. The lowest BCUT2D eigenvalue weighted by molar-refractivity contribution is -0.142. The SMILES string of the molecule is CCC=CC(=O)N(C[C@@H]1CC[C@H]2C[C@@H]1C2(C)C)[C@@H]1C=C(C(=O)NCCO)[C@@H]2c3ccccc3O[C@@H]2[C@H]1O. The molecule has 0 saturated heterocycles. The third-order valence-corrected chi connectivity index (χ3v) is 9.45. The first-order chi connectivity index (χ1) is 17.8. The lowest BCUT2D eigenvalue weighted by Crippen LogP contribution is -2.59. The van der Waals surface area contributed by atoms with Crippen molar-refractivity contribution in [1.82, 2.24) is 10.2 Å². The molecule has 3 fully saturated rings. The fourth-order valence-corrected chi connectivity index (χ4v) is 7.30. The third-order valence-electron chi connectivity index (χ3n) is 9.45. The van der Waals surface area contributed by atoms with Gasteiger partial charge in [-0.05, 0) is 67.1 Å².